The van der Waals surface area contributed by atoms with Gasteiger partial charge in [-0.2, -0.15) is 0 Å². The number of aliphatic hydroxyl groups is 3. The maximum Gasteiger partial charge on any atom is 0.237 e. The van der Waals surface area contributed by atoms with Crippen molar-refractivity contribution in [3.05, 3.63) is 0 Å². The summed E-state index contributed by atoms with van der Waals surface area (Å²) in [5.74, 6) is 0.316. The van der Waals surface area contributed by atoms with Gasteiger partial charge in [0, 0.05) is 0 Å². The van der Waals surface area contributed by atoms with Gasteiger partial charge < -0.3 is 30.7 Å². The summed E-state index contributed by atoms with van der Waals surface area (Å²) in [6, 6.07) is -0.987. The minimum Gasteiger partial charge on any atom is -0.388 e. The third-order valence-electron chi connectivity index (χ3n) is 5.75. The zero-order valence-electron chi connectivity index (χ0n) is 16.9. The second-order valence-corrected chi connectivity index (χ2v) is 9.57. The molecule has 28 heavy (non-hydrogen) atoms. The summed E-state index contributed by atoms with van der Waals surface area (Å²) in [5.41, 5.74) is -0.703. The molecule has 0 aliphatic carbocycles. The highest BCUT2D eigenvalue weighted by atomic mass is 35.5. The number of rotatable bonds is 9. The Labute approximate surface area is 176 Å². The molecule has 0 spiro atoms. The fraction of sp³-hybridized carbons (Fsp3) is 0.947. The Kier molecular flexibility index (Phi) is 9.80. The lowest BCUT2D eigenvalue weighted by molar-refractivity contribution is -0.205. The Morgan fingerprint density at radius 3 is 2.61 bits per heavy atom. The molecule has 1 amide bonds. The molecule has 0 bridgehead atoms. The Morgan fingerprint density at radius 1 is 1.29 bits per heavy atom. The number of carbonyl (C=O) groups excluding carboxylic acids is 1. The van der Waals surface area contributed by atoms with Crippen LogP contribution in [0, 0.1) is 5.92 Å². The first-order chi connectivity index (χ1) is 13.3. The van der Waals surface area contributed by atoms with Crippen LogP contribution in [0.3, 0.4) is 0 Å². The first-order valence-electron chi connectivity index (χ1n) is 10.2. The highest BCUT2D eigenvalue weighted by Gasteiger charge is 2.48. The van der Waals surface area contributed by atoms with E-state index in [-0.39, 0.29) is 11.9 Å². The van der Waals surface area contributed by atoms with Gasteiger partial charge in [-0.15, -0.1) is 23.4 Å². The molecular weight excluding hydrogens is 404 g/mol. The van der Waals surface area contributed by atoms with Crippen molar-refractivity contribution in [2.75, 3.05) is 12.8 Å². The van der Waals surface area contributed by atoms with Gasteiger partial charge in [0.25, 0.3) is 0 Å². The Balaban J connectivity index is 1.98. The molecule has 0 radical (unpaired) electrons. The van der Waals surface area contributed by atoms with E-state index >= 15 is 0 Å². The van der Waals surface area contributed by atoms with E-state index in [9.17, 15) is 20.1 Å². The van der Waals surface area contributed by atoms with Crippen LogP contribution in [0.5, 0.6) is 0 Å². The summed E-state index contributed by atoms with van der Waals surface area (Å²) in [7, 11) is 0. The van der Waals surface area contributed by atoms with E-state index in [1.807, 2.05) is 0 Å². The van der Waals surface area contributed by atoms with Crippen molar-refractivity contribution in [3.63, 3.8) is 0 Å². The smallest absolute Gasteiger partial charge is 0.237 e. The fourth-order valence-electron chi connectivity index (χ4n) is 4.00. The van der Waals surface area contributed by atoms with Gasteiger partial charge in [0.2, 0.25) is 5.91 Å². The molecule has 0 aromatic rings. The second kappa shape index (κ2) is 11.3. The SMILES string of the molecule is CCCCC[C@H]1CN[C@H](C(=O)N[C@@H]([C@H]2O[C@H](SC)[C@H](O)[C@@H](O)[C@H]2O)[C@@H](C)Cl)C1. The number of amides is 1. The molecule has 2 fully saturated rings. The maximum absolute atomic E-state index is 12.8. The van der Waals surface area contributed by atoms with Crippen molar-refractivity contribution in [2.45, 2.75) is 93.3 Å². The van der Waals surface area contributed by atoms with Gasteiger partial charge in [0.05, 0.1) is 17.5 Å². The van der Waals surface area contributed by atoms with E-state index in [4.69, 9.17) is 16.3 Å². The molecule has 2 heterocycles. The van der Waals surface area contributed by atoms with Crippen molar-refractivity contribution in [2.24, 2.45) is 5.92 Å². The third-order valence-corrected chi connectivity index (χ3v) is 6.88. The van der Waals surface area contributed by atoms with E-state index < -0.39 is 41.3 Å². The average molecular weight is 439 g/mol. The minimum absolute atomic E-state index is 0.174. The van der Waals surface area contributed by atoms with E-state index in [0.717, 1.165) is 19.4 Å². The summed E-state index contributed by atoms with van der Waals surface area (Å²) >= 11 is 7.54. The number of ether oxygens (including phenoxy) is 1. The molecule has 7 nitrogen and oxygen atoms in total. The number of unbranched alkanes of at least 4 members (excludes halogenated alkanes) is 2. The Hall–Kier alpha value is -0.0900. The van der Waals surface area contributed by atoms with E-state index in [0.29, 0.717) is 5.92 Å². The van der Waals surface area contributed by atoms with Crippen LogP contribution in [-0.2, 0) is 9.53 Å². The number of thioether (sulfide) groups is 1. The number of nitrogens with one attached hydrogen (secondary N) is 2. The lowest BCUT2D eigenvalue weighted by Crippen LogP contribution is -2.65. The van der Waals surface area contributed by atoms with Gasteiger partial charge in [0.1, 0.15) is 29.9 Å². The van der Waals surface area contributed by atoms with Crippen molar-refractivity contribution in [3.8, 4) is 0 Å². The zero-order chi connectivity index (χ0) is 20.8. The zero-order valence-corrected chi connectivity index (χ0v) is 18.5. The van der Waals surface area contributed by atoms with Crippen molar-refractivity contribution >= 4 is 29.3 Å². The number of hydrogen-bond donors (Lipinski definition) is 5. The van der Waals surface area contributed by atoms with Crippen LogP contribution in [0.25, 0.3) is 0 Å². The summed E-state index contributed by atoms with van der Waals surface area (Å²) in [6.45, 7) is 4.71. The van der Waals surface area contributed by atoms with Gasteiger partial charge in [0.15, 0.2) is 0 Å². The Bertz CT molecular complexity index is 499. The normalized spacial score (nSPS) is 38.2. The predicted octanol–water partition coefficient (Wildman–Crippen LogP) is 0.828. The fourth-order valence-corrected chi connectivity index (χ4v) is 4.89. The summed E-state index contributed by atoms with van der Waals surface area (Å²) in [4.78, 5) is 12.8. The molecule has 2 rings (SSSR count). The van der Waals surface area contributed by atoms with Gasteiger partial charge in [-0.3, -0.25) is 4.79 Å². The maximum atomic E-state index is 12.8. The molecule has 2 aliphatic rings. The van der Waals surface area contributed by atoms with Crippen LogP contribution in [0.1, 0.15) is 46.0 Å². The van der Waals surface area contributed by atoms with Crippen LogP contribution in [0.2, 0.25) is 0 Å². The minimum atomic E-state index is -1.36. The molecular formula is C19H35ClN2O5S. The van der Waals surface area contributed by atoms with Crippen LogP contribution < -0.4 is 10.6 Å². The number of halogens is 1. The molecule has 0 aromatic heterocycles. The molecule has 0 unspecified atom stereocenters. The number of alkyl halides is 1. The van der Waals surface area contributed by atoms with Gasteiger partial charge >= 0.3 is 0 Å². The standard InChI is InChI=1S/C19H35ClN2O5S/c1-4-5-6-7-11-8-12(21-9-11)18(26)22-13(10(2)20)17-15(24)14(23)16(25)19(27-17)28-3/h10-17,19,21,23-25H,4-9H2,1-3H3,(H,22,26)/t10-,11-,12+,13-,14+,15-,16-,17-,19-/m1/s1. The second-order valence-electron chi connectivity index (χ2n) is 7.95. The first kappa shape index (κ1) is 24.2. The summed E-state index contributed by atoms with van der Waals surface area (Å²) < 4.78 is 5.79. The van der Waals surface area contributed by atoms with Crippen LogP contribution >= 0.6 is 23.4 Å². The van der Waals surface area contributed by atoms with Crippen LogP contribution in [-0.4, -0.2) is 81.3 Å². The Morgan fingerprint density at radius 2 is 2.00 bits per heavy atom. The van der Waals surface area contributed by atoms with Crippen molar-refractivity contribution in [1.82, 2.24) is 10.6 Å². The van der Waals surface area contributed by atoms with Gasteiger partial charge in [-0.1, -0.05) is 26.2 Å². The predicted molar refractivity (Wildman–Crippen MR) is 111 cm³/mol. The quantitative estimate of drug-likeness (QED) is 0.268. The van der Waals surface area contributed by atoms with Crippen molar-refractivity contribution < 1.29 is 24.9 Å². The highest BCUT2D eigenvalue weighted by molar-refractivity contribution is 7.99. The number of hydrogen-bond acceptors (Lipinski definition) is 7. The third kappa shape index (κ3) is 5.97. The molecule has 5 N–H and O–H groups in total. The molecule has 9 heteroatoms. The molecule has 2 aliphatic heterocycles. The van der Waals surface area contributed by atoms with Crippen LogP contribution in [0.4, 0.5) is 0 Å². The largest absolute Gasteiger partial charge is 0.388 e. The number of carbonyl (C=O) groups is 1. The van der Waals surface area contributed by atoms with E-state index in [1.54, 1.807) is 13.2 Å². The molecule has 2 saturated heterocycles. The molecule has 0 aromatic carbocycles. The van der Waals surface area contributed by atoms with Gasteiger partial charge in [-0.25, -0.2) is 0 Å². The van der Waals surface area contributed by atoms with Gasteiger partial charge in [-0.05, 0) is 38.5 Å². The van der Waals surface area contributed by atoms with E-state index in [1.165, 1.54) is 31.0 Å². The van der Waals surface area contributed by atoms with Crippen LogP contribution in [0.15, 0.2) is 0 Å². The molecule has 164 valence electrons. The molecule has 9 atom stereocenters. The number of aliphatic hydroxyl groups excluding tert-OH is 3. The summed E-state index contributed by atoms with van der Waals surface area (Å²) in [5, 5.41) is 36.3. The monoisotopic (exact) mass is 438 g/mol. The van der Waals surface area contributed by atoms with E-state index in [2.05, 4.69) is 17.6 Å². The average Bonchev–Trinajstić information content (AvgIpc) is 3.14. The molecule has 0 saturated carbocycles. The summed E-state index contributed by atoms with van der Waals surface area (Å²) in [6.07, 6.45) is 2.39. The van der Waals surface area contributed by atoms with Crippen molar-refractivity contribution in [1.29, 1.82) is 0 Å². The highest BCUT2D eigenvalue weighted by Crippen LogP contribution is 2.30. The first-order valence-corrected chi connectivity index (χ1v) is 11.9. The lowest BCUT2D eigenvalue weighted by atomic mass is 9.92. The lowest BCUT2D eigenvalue weighted by Gasteiger charge is -2.44. The topological polar surface area (TPSA) is 111 Å².